The highest BCUT2D eigenvalue weighted by Crippen LogP contribution is 2.31. The van der Waals surface area contributed by atoms with Crippen molar-refractivity contribution in [1.29, 1.82) is 0 Å². The number of amides is 1. The maximum absolute atomic E-state index is 13.2. The molecule has 4 nitrogen and oxygen atoms in total. The molecule has 0 aromatic heterocycles. The van der Waals surface area contributed by atoms with E-state index in [1.165, 1.54) is 0 Å². The normalized spacial score (nSPS) is 20.4. The molecule has 1 aromatic rings. The van der Waals surface area contributed by atoms with Crippen LogP contribution in [0, 0.1) is 11.8 Å². The summed E-state index contributed by atoms with van der Waals surface area (Å²) in [7, 11) is 0. The van der Waals surface area contributed by atoms with Crippen molar-refractivity contribution in [1.82, 2.24) is 4.90 Å². The van der Waals surface area contributed by atoms with Crippen LogP contribution >= 0.6 is 0 Å². The zero-order valence-corrected chi connectivity index (χ0v) is 14.8. The van der Waals surface area contributed by atoms with E-state index in [4.69, 9.17) is 5.11 Å². The summed E-state index contributed by atoms with van der Waals surface area (Å²) in [5.41, 5.74) is 1.09. The van der Waals surface area contributed by atoms with Gasteiger partial charge in [0.05, 0.1) is 5.92 Å². The highest BCUT2D eigenvalue weighted by Gasteiger charge is 2.32. The Hall–Kier alpha value is -1.84. The van der Waals surface area contributed by atoms with Crippen LogP contribution in [0.15, 0.2) is 30.3 Å². The summed E-state index contributed by atoms with van der Waals surface area (Å²) in [6, 6.07) is 10.0. The minimum Gasteiger partial charge on any atom is -0.481 e. The number of carboxylic acid groups (broad SMARTS) is 1. The summed E-state index contributed by atoms with van der Waals surface area (Å²) in [5, 5.41) is 8.88. The van der Waals surface area contributed by atoms with E-state index in [-0.39, 0.29) is 18.2 Å². The number of carbonyl (C=O) groups excluding carboxylic acids is 1. The fourth-order valence-corrected chi connectivity index (χ4v) is 3.64. The molecule has 0 aliphatic carbocycles. The summed E-state index contributed by atoms with van der Waals surface area (Å²) in [6.45, 7) is 5.76. The molecule has 1 aliphatic rings. The van der Waals surface area contributed by atoms with Crippen molar-refractivity contribution in [3.63, 3.8) is 0 Å². The zero-order chi connectivity index (χ0) is 17.5. The molecule has 1 aromatic carbocycles. The van der Waals surface area contributed by atoms with Gasteiger partial charge in [0.2, 0.25) is 5.91 Å². The third-order valence-electron chi connectivity index (χ3n) is 5.23. The van der Waals surface area contributed by atoms with Gasteiger partial charge in [-0.05, 0) is 36.7 Å². The molecular weight excluding hydrogens is 302 g/mol. The second-order valence-electron chi connectivity index (χ2n) is 7.00. The van der Waals surface area contributed by atoms with Crippen molar-refractivity contribution < 1.29 is 14.7 Å². The standard InChI is InChI=1S/C20H29NO3/c1-3-15(2)19(17-9-5-4-6-10-17)20(24)21-13-7-8-16(14-21)11-12-18(22)23/h4-6,9-10,15-16,19H,3,7-8,11-14H2,1-2H3,(H,22,23). The molecule has 3 unspecified atom stereocenters. The van der Waals surface area contributed by atoms with Crippen molar-refractivity contribution >= 4 is 11.9 Å². The first-order valence-corrected chi connectivity index (χ1v) is 9.08. The van der Waals surface area contributed by atoms with E-state index in [9.17, 15) is 9.59 Å². The highest BCUT2D eigenvalue weighted by molar-refractivity contribution is 5.84. The monoisotopic (exact) mass is 331 g/mol. The van der Waals surface area contributed by atoms with E-state index in [1.807, 2.05) is 35.2 Å². The molecule has 0 spiro atoms. The molecule has 1 N–H and O–H groups in total. The van der Waals surface area contributed by atoms with Gasteiger partial charge in [-0.2, -0.15) is 0 Å². The summed E-state index contributed by atoms with van der Waals surface area (Å²) in [6.07, 6.45) is 3.81. The van der Waals surface area contributed by atoms with Crippen LogP contribution in [0.25, 0.3) is 0 Å². The van der Waals surface area contributed by atoms with Gasteiger partial charge in [-0.3, -0.25) is 9.59 Å². The molecule has 0 radical (unpaired) electrons. The Morgan fingerprint density at radius 1 is 1.29 bits per heavy atom. The summed E-state index contributed by atoms with van der Waals surface area (Å²) < 4.78 is 0. The number of nitrogens with zero attached hydrogens (tertiary/aromatic N) is 1. The molecule has 1 heterocycles. The first-order valence-electron chi connectivity index (χ1n) is 9.08. The van der Waals surface area contributed by atoms with Crippen LogP contribution in [0.5, 0.6) is 0 Å². The number of carbonyl (C=O) groups is 2. The molecular formula is C20H29NO3. The van der Waals surface area contributed by atoms with Crippen LogP contribution in [0.4, 0.5) is 0 Å². The smallest absolute Gasteiger partial charge is 0.303 e. The number of hydrogen-bond acceptors (Lipinski definition) is 2. The van der Waals surface area contributed by atoms with Crippen LogP contribution in [0.3, 0.4) is 0 Å². The molecule has 24 heavy (non-hydrogen) atoms. The lowest BCUT2D eigenvalue weighted by molar-refractivity contribution is -0.137. The predicted octanol–water partition coefficient (Wildman–Crippen LogP) is 3.92. The molecule has 2 rings (SSSR count). The SMILES string of the molecule is CCC(C)C(C(=O)N1CCCC(CCC(=O)O)C1)c1ccccc1. The molecule has 132 valence electrons. The summed E-state index contributed by atoms with van der Waals surface area (Å²) in [5.74, 6) is -0.0448. The number of piperidine rings is 1. The number of rotatable bonds is 7. The van der Waals surface area contributed by atoms with Gasteiger partial charge in [0.1, 0.15) is 0 Å². The molecule has 1 aliphatic heterocycles. The van der Waals surface area contributed by atoms with Gasteiger partial charge >= 0.3 is 5.97 Å². The third-order valence-corrected chi connectivity index (χ3v) is 5.23. The van der Waals surface area contributed by atoms with Gasteiger partial charge in [-0.1, -0.05) is 50.6 Å². The average Bonchev–Trinajstić information content (AvgIpc) is 2.61. The van der Waals surface area contributed by atoms with E-state index in [0.717, 1.165) is 31.4 Å². The van der Waals surface area contributed by atoms with E-state index in [2.05, 4.69) is 13.8 Å². The third kappa shape index (κ3) is 4.83. The van der Waals surface area contributed by atoms with Gasteiger partial charge in [0, 0.05) is 19.5 Å². The number of hydrogen-bond donors (Lipinski definition) is 1. The summed E-state index contributed by atoms with van der Waals surface area (Å²) in [4.78, 5) is 26.0. The minimum atomic E-state index is -0.750. The predicted molar refractivity (Wildman–Crippen MR) is 94.8 cm³/mol. The quantitative estimate of drug-likeness (QED) is 0.824. The van der Waals surface area contributed by atoms with Crippen molar-refractivity contribution in [2.75, 3.05) is 13.1 Å². The molecule has 0 bridgehead atoms. The van der Waals surface area contributed by atoms with E-state index in [1.54, 1.807) is 0 Å². The van der Waals surface area contributed by atoms with Crippen LogP contribution in [-0.2, 0) is 9.59 Å². The molecule has 1 saturated heterocycles. The fraction of sp³-hybridized carbons (Fsp3) is 0.600. The van der Waals surface area contributed by atoms with E-state index < -0.39 is 5.97 Å². The maximum Gasteiger partial charge on any atom is 0.303 e. The Bertz CT molecular complexity index is 543. The molecule has 1 fully saturated rings. The van der Waals surface area contributed by atoms with Crippen molar-refractivity contribution in [2.24, 2.45) is 11.8 Å². The Kier molecular flexibility index (Phi) is 6.83. The Balaban J connectivity index is 2.09. The second-order valence-corrected chi connectivity index (χ2v) is 7.00. The molecule has 0 saturated carbocycles. The highest BCUT2D eigenvalue weighted by atomic mass is 16.4. The lowest BCUT2D eigenvalue weighted by atomic mass is 9.83. The van der Waals surface area contributed by atoms with E-state index >= 15 is 0 Å². The maximum atomic E-state index is 13.2. The van der Waals surface area contributed by atoms with Crippen molar-refractivity contribution in [2.45, 2.75) is 51.9 Å². The van der Waals surface area contributed by atoms with Crippen LogP contribution in [0.2, 0.25) is 0 Å². The zero-order valence-electron chi connectivity index (χ0n) is 14.8. The van der Waals surface area contributed by atoms with Gasteiger partial charge in [-0.25, -0.2) is 0 Å². The first kappa shape index (κ1) is 18.5. The minimum absolute atomic E-state index is 0.102. The number of likely N-dealkylation sites (tertiary alicyclic amines) is 1. The van der Waals surface area contributed by atoms with Gasteiger partial charge in [-0.15, -0.1) is 0 Å². The van der Waals surface area contributed by atoms with Crippen LogP contribution < -0.4 is 0 Å². The van der Waals surface area contributed by atoms with Gasteiger partial charge in [0.25, 0.3) is 0 Å². The first-order chi connectivity index (χ1) is 11.5. The average molecular weight is 331 g/mol. The van der Waals surface area contributed by atoms with Crippen molar-refractivity contribution in [3.8, 4) is 0 Å². The number of carboxylic acids is 1. The Morgan fingerprint density at radius 2 is 2.00 bits per heavy atom. The Labute approximate surface area is 144 Å². The second kappa shape index (κ2) is 8.86. The van der Waals surface area contributed by atoms with E-state index in [0.29, 0.717) is 24.8 Å². The molecule has 3 atom stereocenters. The number of aliphatic carboxylic acids is 1. The van der Waals surface area contributed by atoms with Gasteiger partial charge < -0.3 is 10.0 Å². The van der Waals surface area contributed by atoms with Crippen LogP contribution in [0.1, 0.15) is 57.4 Å². The lowest BCUT2D eigenvalue weighted by Crippen LogP contribution is -2.43. The molecule has 4 heteroatoms. The van der Waals surface area contributed by atoms with Crippen LogP contribution in [-0.4, -0.2) is 35.0 Å². The topological polar surface area (TPSA) is 57.6 Å². The largest absolute Gasteiger partial charge is 0.481 e. The molecule has 1 amide bonds. The van der Waals surface area contributed by atoms with Gasteiger partial charge in [0.15, 0.2) is 0 Å². The summed E-state index contributed by atoms with van der Waals surface area (Å²) >= 11 is 0. The number of benzene rings is 1. The fourth-order valence-electron chi connectivity index (χ4n) is 3.64. The lowest BCUT2D eigenvalue weighted by Gasteiger charge is -2.36. The van der Waals surface area contributed by atoms with Crippen molar-refractivity contribution in [3.05, 3.63) is 35.9 Å². The Morgan fingerprint density at radius 3 is 2.62 bits per heavy atom.